The Morgan fingerprint density at radius 1 is 1.21 bits per heavy atom. The Hall–Kier alpha value is -3.44. The van der Waals surface area contributed by atoms with Gasteiger partial charge in [-0.05, 0) is 66.2 Å². The van der Waals surface area contributed by atoms with Crippen molar-refractivity contribution in [3.05, 3.63) is 17.5 Å². The topological polar surface area (TPSA) is 193 Å². The third kappa shape index (κ3) is 7.69. The maximum atomic E-state index is 13.0. The standard InChI is InChI=1S/C25H38N6O10S/c1-23(2,3)38-20(32)26-19(27-21(33)39-24(4,5)6)29(7)11-8-15-12-16(28-40-15)17-13-25(9-10-25)18-14-30(17)22(34)31(18)41-42(35,36)37/h12,17-18H,8-11,13-14H2,1-7H3,(H,35,36,37)(H,26,27,32,33)/t17-,18-/m0/s1. The summed E-state index contributed by atoms with van der Waals surface area (Å²) in [7, 11) is -3.26. The predicted molar refractivity (Wildman–Crippen MR) is 145 cm³/mol. The summed E-state index contributed by atoms with van der Waals surface area (Å²) in [5, 5.41) is 7.42. The van der Waals surface area contributed by atoms with E-state index in [-0.39, 0.29) is 24.5 Å². The summed E-state index contributed by atoms with van der Waals surface area (Å²) in [6.45, 7) is 10.7. The van der Waals surface area contributed by atoms with Crippen LogP contribution in [0.3, 0.4) is 0 Å². The van der Waals surface area contributed by atoms with Gasteiger partial charge in [-0.3, -0.25) is 9.87 Å². The second-order valence-corrected chi connectivity index (χ2v) is 13.8. The van der Waals surface area contributed by atoms with Crippen LogP contribution in [-0.4, -0.2) is 94.5 Å². The first kappa shape index (κ1) is 31.5. The highest BCUT2D eigenvalue weighted by Crippen LogP contribution is 2.61. The molecule has 2 aliphatic heterocycles. The third-order valence-corrected chi connectivity index (χ3v) is 7.36. The number of rotatable bonds is 6. The van der Waals surface area contributed by atoms with E-state index in [2.05, 4.69) is 19.7 Å². The predicted octanol–water partition coefficient (Wildman–Crippen LogP) is 3.03. The fourth-order valence-corrected chi connectivity index (χ4v) is 5.41. The Bertz CT molecular complexity index is 1360. The van der Waals surface area contributed by atoms with Crippen LogP contribution < -0.4 is 5.32 Å². The lowest BCUT2D eigenvalue weighted by atomic mass is 9.84. The number of urea groups is 1. The number of hydrogen-bond acceptors (Lipinski definition) is 10. The van der Waals surface area contributed by atoms with Crippen molar-refractivity contribution in [2.45, 2.75) is 90.5 Å². The number of nitrogens with zero attached hydrogens (tertiary/aromatic N) is 5. The average molecular weight is 615 g/mol. The molecule has 4 rings (SSSR count). The Morgan fingerprint density at radius 2 is 1.86 bits per heavy atom. The molecule has 1 aromatic rings. The van der Waals surface area contributed by atoms with E-state index in [0.717, 1.165) is 17.9 Å². The minimum absolute atomic E-state index is 0.0890. The monoisotopic (exact) mass is 614 g/mol. The van der Waals surface area contributed by atoms with Crippen LogP contribution in [0.1, 0.15) is 78.3 Å². The first-order valence-electron chi connectivity index (χ1n) is 13.5. The van der Waals surface area contributed by atoms with E-state index >= 15 is 0 Å². The number of hydroxylamine groups is 2. The summed E-state index contributed by atoms with van der Waals surface area (Å²) in [4.78, 5) is 44.7. The fourth-order valence-electron chi connectivity index (χ4n) is 5.04. The van der Waals surface area contributed by atoms with E-state index in [1.165, 1.54) is 9.80 Å². The van der Waals surface area contributed by atoms with E-state index in [1.54, 1.807) is 54.7 Å². The van der Waals surface area contributed by atoms with Crippen LogP contribution in [-0.2, 0) is 30.6 Å². The van der Waals surface area contributed by atoms with Gasteiger partial charge in [-0.15, -0.1) is 9.28 Å². The minimum Gasteiger partial charge on any atom is -0.444 e. The number of likely N-dealkylation sites (N-methyl/N-ethyl adjacent to an activating group) is 1. The average Bonchev–Trinajstić information content (AvgIpc) is 3.31. The van der Waals surface area contributed by atoms with Gasteiger partial charge in [0.15, 0.2) is 0 Å². The first-order chi connectivity index (χ1) is 19.3. The summed E-state index contributed by atoms with van der Waals surface area (Å²) in [5.74, 6) is 0.379. The molecule has 3 heterocycles. The molecule has 42 heavy (non-hydrogen) atoms. The van der Waals surface area contributed by atoms with Crippen LogP contribution in [0.5, 0.6) is 0 Å². The molecule has 4 amide bonds. The van der Waals surface area contributed by atoms with Crippen molar-refractivity contribution in [1.82, 2.24) is 25.3 Å². The van der Waals surface area contributed by atoms with Gasteiger partial charge in [0.05, 0.1) is 12.1 Å². The number of fused-ring (bicyclic) bond motifs is 3. The van der Waals surface area contributed by atoms with Crippen molar-refractivity contribution in [2.24, 2.45) is 10.4 Å². The number of carbonyl (C=O) groups is 3. The molecule has 2 atom stereocenters. The lowest BCUT2D eigenvalue weighted by Gasteiger charge is -2.35. The van der Waals surface area contributed by atoms with E-state index in [1.807, 2.05) is 0 Å². The molecule has 0 aromatic carbocycles. The maximum absolute atomic E-state index is 13.0. The SMILES string of the molecule is CN(CCc1cc([C@@H]2CC3(CC3)[C@@H]3CN2C(=O)N3OS(=O)(=O)O)no1)/C(=N\C(=O)OC(C)(C)C)NC(=O)OC(C)(C)C. The highest BCUT2D eigenvalue weighted by Gasteiger charge is 2.64. The molecule has 17 heteroatoms. The van der Waals surface area contributed by atoms with Gasteiger partial charge < -0.3 is 23.8 Å². The first-order valence-corrected chi connectivity index (χ1v) is 14.9. The number of amides is 4. The molecule has 3 fully saturated rings. The van der Waals surface area contributed by atoms with Crippen molar-refractivity contribution >= 4 is 34.6 Å². The van der Waals surface area contributed by atoms with Crippen LogP contribution in [0.4, 0.5) is 14.4 Å². The number of aliphatic imine (C=N–C) groups is 1. The van der Waals surface area contributed by atoms with Gasteiger partial charge in [0.2, 0.25) is 5.96 Å². The Labute approximate surface area is 244 Å². The van der Waals surface area contributed by atoms with E-state index in [0.29, 0.717) is 24.3 Å². The van der Waals surface area contributed by atoms with Crippen LogP contribution in [0.25, 0.3) is 0 Å². The Kier molecular flexibility index (Phi) is 8.25. The van der Waals surface area contributed by atoms with Crippen LogP contribution in [0.2, 0.25) is 0 Å². The molecular formula is C25H38N6O10S. The number of hydrogen-bond donors (Lipinski definition) is 2. The number of piperidine rings is 1. The lowest BCUT2D eigenvalue weighted by Crippen LogP contribution is -2.45. The number of alkyl carbamates (subject to hydrolysis) is 1. The van der Waals surface area contributed by atoms with Crippen molar-refractivity contribution in [3.63, 3.8) is 0 Å². The zero-order valence-corrected chi connectivity index (χ0v) is 25.6. The van der Waals surface area contributed by atoms with Crippen molar-refractivity contribution in [3.8, 4) is 0 Å². The molecule has 16 nitrogen and oxygen atoms in total. The largest absolute Gasteiger partial charge is 0.444 e. The van der Waals surface area contributed by atoms with Gasteiger partial charge in [-0.2, -0.15) is 13.5 Å². The minimum atomic E-state index is -4.87. The quantitative estimate of drug-likeness (QED) is 0.271. The summed E-state index contributed by atoms with van der Waals surface area (Å²) < 4.78 is 52.6. The van der Waals surface area contributed by atoms with Gasteiger partial charge in [0.25, 0.3) is 0 Å². The summed E-state index contributed by atoms with van der Waals surface area (Å²) in [6, 6.07) is 0.0651. The van der Waals surface area contributed by atoms with Crippen LogP contribution in [0, 0.1) is 5.41 Å². The zero-order valence-electron chi connectivity index (χ0n) is 24.7. The zero-order chi connectivity index (χ0) is 31.3. The van der Waals surface area contributed by atoms with E-state index < -0.39 is 51.9 Å². The Balaban J connectivity index is 1.45. The van der Waals surface area contributed by atoms with Crippen molar-refractivity contribution in [2.75, 3.05) is 20.1 Å². The summed E-state index contributed by atoms with van der Waals surface area (Å²) >= 11 is 0. The molecule has 1 aliphatic carbocycles. The molecule has 1 saturated carbocycles. The van der Waals surface area contributed by atoms with Gasteiger partial charge >= 0.3 is 28.6 Å². The third-order valence-electron chi connectivity index (χ3n) is 7.01. The molecule has 0 radical (unpaired) electrons. The number of aromatic nitrogens is 1. The molecule has 3 aliphatic rings. The molecule has 2 N–H and O–H groups in total. The number of carbonyl (C=O) groups excluding carboxylic acids is 3. The highest BCUT2D eigenvalue weighted by atomic mass is 32.3. The Morgan fingerprint density at radius 3 is 2.43 bits per heavy atom. The van der Waals surface area contributed by atoms with Gasteiger partial charge in [0, 0.05) is 32.6 Å². The van der Waals surface area contributed by atoms with Gasteiger partial charge in [-0.25, -0.2) is 14.4 Å². The van der Waals surface area contributed by atoms with Crippen LogP contribution in [0.15, 0.2) is 15.6 Å². The molecule has 2 bridgehead atoms. The van der Waals surface area contributed by atoms with Gasteiger partial charge in [-0.1, -0.05) is 5.16 Å². The lowest BCUT2D eigenvalue weighted by molar-refractivity contribution is -0.0527. The smallest absolute Gasteiger partial charge is 0.437 e. The fraction of sp³-hybridized carbons (Fsp3) is 0.720. The number of guanidine groups is 1. The molecular weight excluding hydrogens is 576 g/mol. The molecule has 0 unspecified atom stereocenters. The van der Waals surface area contributed by atoms with Crippen molar-refractivity contribution < 1.29 is 45.6 Å². The number of ether oxygens (including phenoxy) is 2. The highest BCUT2D eigenvalue weighted by molar-refractivity contribution is 7.80. The molecule has 1 spiro atoms. The van der Waals surface area contributed by atoms with Crippen LogP contribution >= 0.6 is 0 Å². The van der Waals surface area contributed by atoms with Gasteiger partial charge in [0.1, 0.15) is 22.7 Å². The molecule has 234 valence electrons. The maximum Gasteiger partial charge on any atom is 0.437 e. The second kappa shape index (κ2) is 11.0. The summed E-state index contributed by atoms with van der Waals surface area (Å²) in [6.07, 6.45) is 0.688. The van der Waals surface area contributed by atoms with E-state index in [9.17, 15) is 27.4 Å². The normalized spacial score (nSPS) is 21.9. The van der Waals surface area contributed by atoms with Crippen molar-refractivity contribution in [1.29, 1.82) is 0 Å². The van der Waals surface area contributed by atoms with E-state index in [4.69, 9.17) is 14.0 Å². The summed E-state index contributed by atoms with van der Waals surface area (Å²) in [5.41, 5.74) is -1.41. The molecule has 2 saturated heterocycles. The second-order valence-electron chi connectivity index (χ2n) is 12.8. The number of nitrogens with one attached hydrogen (secondary N) is 1. The molecule has 1 aromatic heterocycles.